The number of nitrogens with one attached hydrogen (secondary N) is 2. The molecule has 2 N–H and O–H groups in total. The second-order valence-corrected chi connectivity index (χ2v) is 6.68. The quantitative estimate of drug-likeness (QED) is 0.651. The molecule has 4 rings (SSSR count). The summed E-state index contributed by atoms with van der Waals surface area (Å²) in [5.74, 6) is -1.33. The Morgan fingerprint density at radius 3 is 2.38 bits per heavy atom. The van der Waals surface area contributed by atoms with Crippen LogP contribution in [-0.2, 0) is 0 Å². The van der Waals surface area contributed by atoms with Crippen LogP contribution in [0.15, 0.2) is 48.5 Å². The van der Waals surface area contributed by atoms with Crippen LogP contribution in [0.5, 0.6) is 5.88 Å². The number of hydrogen-bond acceptors (Lipinski definition) is 4. The van der Waals surface area contributed by atoms with Gasteiger partial charge in [0.25, 0.3) is 0 Å². The maximum Gasteiger partial charge on any atom is 0.244 e. The third kappa shape index (κ3) is 2.55. The molecule has 0 radical (unpaired) electrons. The van der Waals surface area contributed by atoms with Crippen LogP contribution in [0.4, 0.5) is 0 Å². The lowest BCUT2D eigenvalue weighted by molar-refractivity contribution is 0.437. The van der Waals surface area contributed by atoms with Gasteiger partial charge in [0.15, 0.2) is 0 Å². The molecular formula is C19H12Cl2N4O. The smallest absolute Gasteiger partial charge is 0.244 e. The Morgan fingerprint density at radius 1 is 1.04 bits per heavy atom. The summed E-state index contributed by atoms with van der Waals surface area (Å²) in [6.45, 7) is 0. The number of halogens is 2. The molecule has 7 heteroatoms. The monoisotopic (exact) mass is 382 g/mol. The van der Waals surface area contributed by atoms with Gasteiger partial charge in [0.2, 0.25) is 11.8 Å². The van der Waals surface area contributed by atoms with Gasteiger partial charge < -0.3 is 4.74 Å². The zero-order valence-electron chi connectivity index (χ0n) is 13.3. The van der Waals surface area contributed by atoms with Gasteiger partial charge >= 0.3 is 0 Å². The van der Waals surface area contributed by atoms with Gasteiger partial charge in [-0.25, -0.2) is 0 Å². The van der Waals surface area contributed by atoms with Crippen LogP contribution in [0.25, 0.3) is 11.3 Å². The average molecular weight is 383 g/mol. The molecule has 1 aliphatic rings. The minimum Gasteiger partial charge on any atom is -0.422 e. The molecule has 1 aromatic heterocycles. The van der Waals surface area contributed by atoms with Crippen LogP contribution >= 0.6 is 23.2 Å². The molecule has 0 saturated carbocycles. The molecule has 2 atom stereocenters. The van der Waals surface area contributed by atoms with Crippen LogP contribution < -0.4 is 4.74 Å². The zero-order valence-corrected chi connectivity index (χ0v) is 14.8. The summed E-state index contributed by atoms with van der Waals surface area (Å²) in [4.78, 5) is 0. The van der Waals surface area contributed by atoms with Crippen molar-refractivity contribution in [2.24, 2.45) is 5.92 Å². The number of nitrogens with zero attached hydrogens (tertiary/aromatic N) is 2. The highest BCUT2D eigenvalue weighted by atomic mass is 35.5. The van der Waals surface area contributed by atoms with E-state index in [0.29, 0.717) is 26.9 Å². The molecule has 2 heterocycles. The number of H-pyrrole nitrogens is 1. The van der Waals surface area contributed by atoms with Crippen LogP contribution in [0.3, 0.4) is 0 Å². The predicted octanol–water partition coefficient (Wildman–Crippen LogP) is 5.02. The van der Waals surface area contributed by atoms with Crippen LogP contribution in [0.2, 0.25) is 10.0 Å². The average Bonchev–Trinajstić information content (AvgIpc) is 3.05. The van der Waals surface area contributed by atoms with Gasteiger partial charge in [-0.1, -0.05) is 59.6 Å². The molecule has 0 fully saturated rings. The summed E-state index contributed by atoms with van der Waals surface area (Å²) in [6.07, 6.45) is 0. The van der Waals surface area contributed by atoms with Crippen molar-refractivity contribution in [3.8, 4) is 23.2 Å². The molecule has 3 aromatic rings. The van der Waals surface area contributed by atoms with E-state index < -0.39 is 11.8 Å². The lowest BCUT2D eigenvalue weighted by atomic mass is 9.78. The Hall–Kier alpha value is -2.81. The van der Waals surface area contributed by atoms with Crippen LogP contribution in [0, 0.1) is 22.7 Å². The van der Waals surface area contributed by atoms with Gasteiger partial charge in [-0.3, -0.25) is 10.5 Å². The van der Waals surface area contributed by atoms with Crippen LogP contribution in [0.1, 0.15) is 17.0 Å². The molecule has 2 aromatic carbocycles. The summed E-state index contributed by atoms with van der Waals surface area (Å²) in [5, 5.41) is 25.9. The molecule has 0 bridgehead atoms. The number of fused-ring (bicyclic) bond motifs is 1. The highest BCUT2D eigenvalue weighted by Crippen LogP contribution is 2.49. The highest BCUT2D eigenvalue weighted by molar-refractivity contribution is 6.36. The van der Waals surface area contributed by atoms with E-state index >= 15 is 0 Å². The lowest BCUT2D eigenvalue weighted by Gasteiger charge is -2.29. The number of ether oxygens (including phenoxy) is 1. The number of aromatic nitrogens is 2. The second-order valence-electron chi connectivity index (χ2n) is 5.87. The van der Waals surface area contributed by atoms with E-state index in [9.17, 15) is 5.26 Å². The van der Waals surface area contributed by atoms with Crippen molar-refractivity contribution in [3.63, 3.8) is 0 Å². The third-order valence-corrected chi connectivity index (χ3v) is 5.07. The second kappa shape index (κ2) is 6.49. The van der Waals surface area contributed by atoms with Crippen molar-refractivity contribution in [2.75, 3.05) is 0 Å². The largest absolute Gasteiger partial charge is 0.422 e. The molecule has 2 unspecified atom stereocenters. The van der Waals surface area contributed by atoms with E-state index in [1.807, 2.05) is 30.3 Å². The van der Waals surface area contributed by atoms with Gasteiger partial charge in [0.1, 0.15) is 5.92 Å². The molecule has 26 heavy (non-hydrogen) atoms. The standard InChI is InChI=1S/C19H12Cl2N4O/c20-12-7-4-8-13(21)15(12)14-11(9-22)18(23)26-19-16(14)17(24-25-19)10-5-2-1-3-6-10/h1-8,11,14,23H,(H,24,25). The Morgan fingerprint density at radius 2 is 1.73 bits per heavy atom. The Labute approximate surface area is 159 Å². The summed E-state index contributed by atoms with van der Waals surface area (Å²) in [6, 6.07) is 16.9. The van der Waals surface area contributed by atoms with Crippen molar-refractivity contribution < 1.29 is 4.74 Å². The Bertz CT molecular complexity index is 1020. The third-order valence-electron chi connectivity index (χ3n) is 4.41. The number of benzene rings is 2. The van der Waals surface area contributed by atoms with Gasteiger partial charge in [0, 0.05) is 16.0 Å². The first-order valence-electron chi connectivity index (χ1n) is 7.85. The first-order chi connectivity index (χ1) is 12.6. The van der Waals surface area contributed by atoms with Gasteiger partial charge in [0.05, 0.1) is 17.3 Å². The van der Waals surface area contributed by atoms with E-state index in [4.69, 9.17) is 33.3 Å². The first-order valence-corrected chi connectivity index (χ1v) is 8.61. The van der Waals surface area contributed by atoms with E-state index in [1.165, 1.54) is 0 Å². The molecule has 5 nitrogen and oxygen atoms in total. The number of nitriles is 1. The van der Waals surface area contributed by atoms with E-state index in [2.05, 4.69) is 16.3 Å². The summed E-state index contributed by atoms with van der Waals surface area (Å²) in [7, 11) is 0. The minimum atomic E-state index is -0.861. The highest BCUT2D eigenvalue weighted by Gasteiger charge is 2.42. The summed E-state index contributed by atoms with van der Waals surface area (Å²) in [5.41, 5.74) is 2.88. The zero-order chi connectivity index (χ0) is 18.3. The van der Waals surface area contributed by atoms with Gasteiger partial charge in [-0.15, -0.1) is 5.10 Å². The molecule has 128 valence electrons. The molecule has 0 saturated heterocycles. The molecule has 0 spiro atoms. The number of rotatable bonds is 2. The van der Waals surface area contributed by atoms with Crippen molar-refractivity contribution >= 4 is 29.1 Å². The van der Waals surface area contributed by atoms with E-state index in [1.54, 1.807) is 18.2 Å². The topological polar surface area (TPSA) is 85.6 Å². The summed E-state index contributed by atoms with van der Waals surface area (Å²) >= 11 is 12.9. The molecule has 0 aliphatic carbocycles. The normalized spacial score (nSPS) is 18.7. The fourth-order valence-corrected chi connectivity index (χ4v) is 3.90. The Kier molecular flexibility index (Phi) is 4.15. The predicted molar refractivity (Wildman–Crippen MR) is 99.8 cm³/mol. The van der Waals surface area contributed by atoms with Crippen molar-refractivity contribution in [2.45, 2.75) is 5.92 Å². The maximum atomic E-state index is 9.71. The Balaban J connectivity index is 2.01. The maximum absolute atomic E-state index is 9.71. The SMILES string of the molecule is N#CC1C(=N)Oc2n[nH]c(-c3ccccc3)c2C1c1c(Cl)cccc1Cl. The number of hydrogen-bond donors (Lipinski definition) is 2. The molecule has 1 aliphatic heterocycles. The fourth-order valence-electron chi connectivity index (χ4n) is 3.26. The number of aromatic amines is 1. The molecular weight excluding hydrogens is 371 g/mol. The van der Waals surface area contributed by atoms with Crippen molar-refractivity contribution in [1.29, 1.82) is 10.7 Å². The van der Waals surface area contributed by atoms with Gasteiger partial charge in [-0.05, 0) is 23.3 Å². The minimum absolute atomic E-state index is 0.174. The van der Waals surface area contributed by atoms with Crippen molar-refractivity contribution in [1.82, 2.24) is 10.2 Å². The fraction of sp³-hybridized carbons (Fsp3) is 0.105. The van der Waals surface area contributed by atoms with Crippen LogP contribution in [-0.4, -0.2) is 16.1 Å². The lowest BCUT2D eigenvalue weighted by Crippen LogP contribution is -2.31. The van der Waals surface area contributed by atoms with Gasteiger partial charge in [-0.2, -0.15) is 5.26 Å². The van der Waals surface area contributed by atoms with E-state index in [-0.39, 0.29) is 11.8 Å². The first kappa shape index (κ1) is 16.6. The van der Waals surface area contributed by atoms with Crippen molar-refractivity contribution in [3.05, 3.63) is 69.7 Å². The van der Waals surface area contributed by atoms with E-state index in [0.717, 1.165) is 5.56 Å². The summed E-state index contributed by atoms with van der Waals surface area (Å²) < 4.78 is 5.50. The molecule has 0 amide bonds.